The van der Waals surface area contributed by atoms with Gasteiger partial charge in [-0.15, -0.1) is 11.6 Å². The zero-order valence-electron chi connectivity index (χ0n) is 10.7. The lowest BCUT2D eigenvalue weighted by Gasteiger charge is -2.16. The van der Waals surface area contributed by atoms with Crippen LogP contribution in [0.3, 0.4) is 0 Å². The number of alkyl halides is 3. The number of hydrogen-bond acceptors (Lipinski definition) is 1. The van der Waals surface area contributed by atoms with Crippen LogP contribution < -0.4 is 4.74 Å². The Hall–Kier alpha value is -1.39. The normalized spacial score (nSPS) is 12.5. The average molecular weight is 335 g/mol. The number of hydrogen-bond donors (Lipinski definition) is 0. The Balaban J connectivity index is 2.26. The summed E-state index contributed by atoms with van der Waals surface area (Å²) in [4.78, 5) is 0. The maximum absolute atomic E-state index is 13.7. The fourth-order valence-electron chi connectivity index (χ4n) is 1.96. The van der Waals surface area contributed by atoms with Crippen LogP contribution >= 0.6 is 23.2 Å². The zero-order chi connectivity index (χ0) is 15.4. The van der Waals surface area contributed by atoms with Gasteiger partial charge in [-0.25, -0.2) is 4.39 Å². The van der Waals surface area contributed by atoms with Crippen molar-refractivity contribution in [1.82, 2.24) is 0 Å². The molecule has 0 saturated heterocycles. The largest absolute Gasteiger partial charge is 0.434 e. The molecule has 0 N–H and O–H groups in total. The van der Waals surface area contributed by atoms with Crippen LogP contribution in [0.25, 0.3) is 0 Å². The molecule has 1 atom stereocenters. The Morgan fingerprint density at radius 3 is 2.43 bits per heavy atom. The van der Waals surface area contributed by atoms with Gasteiger partial charge in [0.15, 0.2) is 0 Å². The minimum Gasteiger partial charge on any atom is -0.434 e. The Morgan fingerprint density at radius 2 is 1.76 bits per heavy atom. The summed E-state index contributed by atoms with van der Waals surface area (Å²) in [5, 5.41) is -0.498. The van der Waals surface area contributed by atoms with E-state index in [1.54, 1.807) is 24.3 Å². The third kappa shape index (κ3) is 4.05. The molecule has 112 valence electrons. The molecule has 0 fully saturated rings. The van der Waals surface area contributed by atoms with E-state index in [2.05, 4.69) is 4.74 Å². The Labute approximate surface area is 130 Å². The van der Waals surface area contributed by atoms with E-state index >= 15 is 0 Å². The van der Waals surface area contributed by atoms with Crippen LogP contribution in [0.1, 0.15) is 16.5 Å². The first kappa shape index (κ1) is 16.0. The van der Waals surface area contributed by atoms with Crippen molar-refractivity contribution >= 4 is 23.2 Å². The van der Waals surface area contributed by atoms with Gasteiger partial charge in [-0.2, -0.15) is 8.78 Å². The zero-order valence-corrected chi connectivity index (χ0v) is 12.2. The summed E-state index contributed by atoms with van der Waals surface area (Å²) in [6.07, 6.45) is 0.0661. The summed E-state index contributed by atoms with van der Waals surface area (Å²) < 4.78 is 42.9. The minimum absolute atomic E-state index is 0.0278. The quantitative estimate of drug-likeness (QED) is 0.646. The smallest absolute Gasteiger partial charge is 0.387 e. The van der Waals surface area contributed by atoms with E-state index in [1.165, 1.54) is 18.2 Å². The summed E-state index contributed by atoms with van der Waals surface area (Å²) in [5.41, 5.74) is 0.602. The molecule has 2 rings (SSSR count). The van der Waals surface area contributed by atoms with Gasteiger partial charge in [-0.3, -0.25) is 0 Å². The van der Waals surface area contributed by atoms with E-state index < -0.39 is 17.8 Å². The minimum atomic E-state index is -2.95. The summed E-state index contributed by atoms with van der Waals surface area (Å²) in [6, 6.07) is 10.5. The van der Waals surface area contributed by atoms with Crippen molar-refractivity contribution in [2.75, 3.05) is 0 Å². The lowest BCUT2D eigenvalue weighted by atomic mass is 10.0. The summed E-state index contributed by atoms with van der Waals surface area (Å²) >= 11 is 12.2. The molecule has 2 aromatic carbocycles. The number of ether oxygens (including phenoxy) is 1. The van der Waals surface area contributed by atoms with Gasteiger partial charge in [-0.1, -0.05) is 35.9 Å². The SMILES string of the molecule is Fc1cccc(Cl)c1CC(Cl)c1ccccc1OC(F)F. The molecule has 0 bridgehead atoms. The van der Waals surface area contributed by atoms with Gasteiger partial charge in [0.05, 0.1) is 5.38 Å². The second-order valence-corrected chi connectivity index (χ2v) is 5.22. The van der Waals surface area contributed by atoms with E-state index in [0.29, 0.717) is 5.56 Å². The predicted molar refractivity (Wildman–Crippen MR) is 76.8 cm³/mol. The molecule has 0 spiro atoms. The van der Waals surface area contributed by atoms with E-state index in [4.69, 9.17) is 23.2 Å². The van der Waals surface area contributed by atoms with Crippen molar-refractivity contribution in [3.05, 3.63) is 64.4 Å². The fraction of sp³-hybridized carbons (Fsp3) is 0.200. The van der Waals surface area contributed by atoms with Crippen LogP contribution in [0.4, 0.5) is 13.2 Å². The molecule has 0 radical (unpaired) electrons. The van der Waals surface area contributed by atoms with Gasteiger partial charge in [0.1, 0.15) is 11.6 Å². The first-order valence-electron chi connectivity index (χ1n) is 6.09. The molecule has 0 aromatic heterocycles. The molecular weight excluding hydrogens is 324 g/mol. The van der Waals surface area contributed by atoms with Crippen molar-refractivity contribution in [2.24, 2.45) is 0 Å². The van der Waals surface area contributed by atoms with Gasteiger partial charge >= 0.3 is 6.61 Å². The fourth-order valence-corrected chi connectivity index (χ4v) is 2.53. The van der Waals surface area contributed by atoms with Crippen LogP contribution in [0.15, 0.2) is 42.5 Å². The molecule has 1 nitrogen and oxygen atoms in total. The molecule has 1 unspecified atom stereocenters. The predicted octanol–water partition coefficient (Wildman–Crippen LogP) is 5.60. The van der Waals surface area contributed by atoms with Crippen molar-refractivity contribution in [2.45, 2.75) is 18.4 Å². The number of para-hydroxylation sites is 1. The molecule has 0 aliphatic carbocycles. The number of rotatable bonds is 5. The molecule has 2 aromatic rings. The van der Waals surface area contributed by atoms with E-state index in [-0.39, 0.29) is 22.8 Å². The Bertz CT molecular complexity index is 599. The van der Waals surface area contributed by atoms with Gasteiger partial charge in [-0.05, 0) is 24.6 Å². The van der Waals surface area contributed by atoms with Crippen molar-refractivity contribution in [1.29, 1.82) is 0 Å². The molecule has 21 heavy (non-hydrogen) atoms. The third-order valence-electron chi connectivity index (χ3n) is 2.92. The lowest BCUT2D eigenvalue weighted by Crippen LogP contribution is -2.07. The van der Waals surface area contributed by atoms with Crippen LogP contribution in [0.2, 0.25) is 5.02 Å². The first-order chi connectivity index (χ1) is 9.99. The number of halogens is 5. The van der Waals surface area contributed by atoms with Crippen molar-refractivity contribution in [3.63, 3.8) is 0 Å². The first-order valence-corrected chi connectivity index (χ1v) is 6.91. The van der Waals surface area contributed by atoms with Crippen LogP contribution in [0, 0.1) is 5.82 Å². The van der Waals surface area contributed by atoms with E-state index in [0.717, 1.165) is 0 Å². The lowest BCUT2D eigenvalue weighted by molar-refractivity contribution is -0.0504. The van der Waals surface area contributed by atoms with Crippen LogP contribution in [-0.4, -0.2) is 6.61 Å². The molecule has 0 aliphatic heterocycles. The highest BCUT2D eigenvalue weighted by Crippen LogP contribution is 2.35. The van der Waals surface area contributed by atoms with Gasteiger partial charge in [0, 0.05) is 16.1 Å². The maximum atomic E-state index is 13.7. The summed E-state index contributed by atoms with van der Waals surface area (Å²) in [7, 11) is 0. The second kappa shape index (κ2) is 7.05. The Kier molecular flexibility index (Phi) is 5.37. The van der Waals surface area contributed by atoms with Crippen LogP contribution in [-0.2, 0) is 6.42 Å². The highest BCUT2D eigenvalue weighted by molar-refractivity contribution is 6.31. The average Bonchev–Trinajstić information content (AvgIpc) is 2.43. The highest BCUT2D eigenvalue weighted by Gasteiger charge is 2.19. The van der Waals surface area contributed by atoms with E-state index in [1.807, 2.05) is 0 Å². The standard InChI is InChI=1S/C15H11Cl2F3O/c16-11-5-3-6-13(18)10(11)8-12(17)9-4-1-2-7-14(9)21-15(19)20/h1-7,12,15H,8H2. The monoisotopic (exact) mass is 334 g/mol. The van der Waals surface area contributed by atoms with Gasteiger partial charge < -0.3 is 4.74 Å². The summed E-state index contributed by atoms with van der Waals surface area (Å²) in [6.45, 7) is -2.95. The second-order valence-electron chi connectivity index (χ2n) is 4.29. The van der Waals surface area contributed by atoms with E-state index in [9.17, 15) is 13.2 Å². The topological polar surface area (TPSA) is 9.23 Å². The van der Waals surface area contributed by atoms with Crippen LogP contribution in [0.5, 0.6) is 5.75 Å². The molecular formula is C15H11Cl2F3O. The molecule has 6 heteroatoms. The molecule has 0 heterocycles. The summed E-state index contributed by atoms with van der Waals surface area (Å²) in [5.74, 6) is -0.514. The third-order valence-corrected chi connectivity index (χ3v) is 3.66. The maximum Gasteiger partial charge on any atom is 0.387 e. The van der Waals surface area contributed by atoms with Crippen molar-refractivity contribution in [3.8, 4) is 5.75 Å². The van der Waals surface area contributed by atoms with Gasteiger partial charge in [0.25, 0.3) is 0 Å². The molecule has 0 amide bonds. The highest BCUT2D eigenvalue weighted by atomic mass is 35.5. The van der Waals surface area contributed by atoms with Gasteiger partial charge in [0.2, 0.25) is 0 Å². The Morgan fingerprint density at radius 1 is 1.05 bits per heavy atom. The molecule has 0 aliphatic rings. The van der Waals surface area contributed by atoms with Crippen molar-refractivity contribution < 1.29 is 17.9 Å². The number of benzene rings is 2. The molecule has 0 saturated carbocycles.